The van der Waals surface area contributed by atoms with Gasteiger partial charge in [-0.25, -0.2) is 4.79 Å². The number of nitrogens with one attached hydrogen (secondary N) is 3. The summed E-state index contributed by atoms with van der Waals surface area (Å²) in [5.74, 6) is -4.81. The fourth-order valence-electron chi connectivity index (χ4n) is 4.15. The minimum Gasteiger partial charge on any atom is -0.508 e. The van der Waals surface area contributed by atoms with Gasteiger partial charge in [-0.2, -0.15) is 0 Å². The van der Waals surface area contributed by atoms with E-state index in [9.17, 15) is 39.3 Å². The average Bonchev–Trinajstić information content (AvgIpc) is 2.95. The molecule has 0 aromatic heterocycles. The molecule has 2 aromatic carbocycles. The molecule has 2 rings (SSSR count). The zero-order valence-corrected chi connectivity index (χ0v) is 23.2. The second kappa shape index (κ2) is 17.4. The highest BCUT2D eigenvalue weighted by atomic mass is 16.4. The lowest BCUT2D eigenvalue weighted by Crippen LogP contribution is -2.57. The van der Waals surface area contributed by atoms with E-state index in [1.165, 1.54) is 24.3 Å². The first-order valence-electron chi connectivity index (χ1n) is 13.6. The minimum atomic E-state index is -1.40. The van der Waals surface area contributed by atoms with Crippen LogP contribution in [0.1, 0.15) is 43.2 Å². The Labute approximate surface area is 243 Å². The van der Waals surface area contributed by atoms with Gasteiger partial charge in [-0.3, -0.25) is 19.2 Å². The molecule has 0 saturated heterocycles. The van der Waals surface area contributed by atoms with Crippen molar-refractivity contribution in [1.82, 2.24) is 16.0 Å². The van der Waals surface area contributed by atoms with Crippen LogP contribution in [-0.4, -0.2) is 75.7 Å². The van der Waals surface area contributed by atoms with E-state index in [2.05, 4.69) is 16.0 Å². The van der Waals surface area contributed by atoms with Gasteiger partial charge in [0.05, 0.1) is 6.04 Å². The van der Waals surface area contributed by atoms with E-state index < -0.39 is 60.2 Å². The van der Waals surface area contributed by atoms with Gasteiger partial charge in [0.2, 0.25) is 17.7 Å². The molecule has 0 saturated carbocycles. The Morgan fingerprint density at radius 2 is 1.24 bits per heavy atom. The third kappa shape index (κ3) is 11.9. The van der Waals surface area contributed by atoms with Crippen LogP contribution in [0.25, 0.3) is 0 Å². The van der Waals surface area contributed by atoms with Gasteiger partial charge in [-0.15, -0.1) is 0 Å². The summed E-state index contributed by atoms with van der Waals surface area (Å²) in [5, 5.41) is 35.8. The topological polar surface area (TPSA) is 234 Å². The van der Waals surface area contributed by atoms with Gasteiger partial charge in [0.15, 0.2) is 0 Å². The van der Waals surface area contributed by atoms with Crippen molar-refractivity contribution in [1.29, 1.82) is 0 Å². The molecule has 42 heavy (non-hydrogen) atoms. The number of aromatic hydroxyl groups is 1. The Kier molecular flexibility index (Phi) is 13.9. The number of rotatable bonds is 18. The Hall–Kier alpha value is -4.49. The highest BCUT2D eigenvalue weighted by molar-refractivity contribution is 5.94. The molecule has 2 aromatic rings. The number of phenolic OH excluding ortho intramolecular Hbond substituents is 1. The van der Waals surface area contributed by atoms with Crippen LogP contribution in [0.15, 0.2) is 54.6 Å². The number of phenols is 1. The van der Waals surface area contributed by atoms with E-state index in [1.807, 2.05) is 30.3 Å². The molecule has 0 aliphatic carbocycles. The number of amides is 3. The number of carboxylic acid groups (broad SMARTS) is 2. The summed E-state index contributed by atoms with van der Waals surface area (Å²) >= 11 is 0. The summed E-state index contributed by atoms with van der Waals surface area (Å²) < 4.78 is 0. The molecule has 228 valence electrons. The molecule has 0 fully saturated rings. The first-order chi connectivity index (χ1) is 20.0. The van der Waals surface area contributed by atoms with Crippen LogP contribution in [0, 0.1) is 0 Å². The number of unbranched alkanes of at least 4 members (excludes halogenated alkanes) is 1. The lowest BCUT2D eigenvalue weighted by Gasteiger charge is -2.25. The average molecular weight is 586 g/mol. The number of carboxylic acids is 2. The maximum atomic E-state index is 13.3. The maximum Gasteiger partial charge on any atom is 0.326 e. The molecule has 10 N–H and O–H groups in total. The number of carbonyl (C=O) groups is 5. The van der Waals surface area contributed by atoms with Crippen LogP contribution in [0.4, 0.5) is 0 Å². The van der Waals surface area contributed by atoms with Crippen molar-refractivity contribution in [2.24, 2.45) is 11.5 Å². The Bertz CT molecular complexity index is 1190. The lowest BCUT2D eigenvalue weighted by molar-refractivity contribution is -0.143. The van der Waals surface area contributed by atoms with Crippen molar-refractivity contribution in [2.75, 3.05) is 6.54 Å². The van der Waals surface area contributed by atoms with Crippen LogP contribution in [0.5, 0.6) is 5.75 Å². The van der Waals surface area contributed by atoms with Crippen LogP contribution in [-0.2, 0) is 36.8 Å². The molecule has 4 unspecified atom stereocenters. The fraction of sp³-hybridized carbons (Fsp3) is 0.414. The first-order valence-corrected chi connectivity index (χ1v) is 13.6. The molecular formula is C29H39N5O8. The number of hydrogen-bond donors (Lipinski definition) is 8. The summed E-state index contributed by atoms with van der Waals surface area (Å²) in [6.07, 6.45) is 0.510. The van der Waals surface area contributed by atoms with E-state index in [0.717, 1.165) is 5.56 Å². The molecule has 13 nitrogen and oxygen atoms in total. The smallest absolute Gasteiger partial charge is 0.326 e. The molecule has 3 amide bonds. The molecule has 13 heteroatoms. The standard InChI is InChI=1S/C29H39N5O8/c30-15-5-4-8-22(32-26(38)21(31)16-18-6-2-1-3-7-18)27(39)33-23(13-14-25(36)37)28(40)34-24(29(41)42)17-19-9-11-20(35)12-10-19/h1-3,6-7,9-12,21-24,35H,4-5,8,13-17,30-31H2,(H,32,38)(H,33,39)(H,34,40)(H,36,37)(H,41,42). The molecule has 0 aliphatic heterocycles. The van der Waals surface area contributed by atoms with E-state index in [1.54, 1.807) is 0 Å². The second-order valence-electron chi connectivity index (χ2n) is 9.91. The summed E-state index contributed by atoms with van der Waals surface area (Å²) in [6, 6.07) is 9.96. The van der Waals surface area contributed by atoms with E-state index in [4.69, 9.17) is 11.5 Å². The predicted molar refractivity (Wildman–Crippen MR) is 153 cm³/mol. The number of hydrogen-bond acceptors (Lipinski definition) is 8. The van der Waals surface area contributed by atoms with Crippen LogP contribution >= 0.6 is 0 Å². The third-order valence-corrected chi connectivity index (χ3v) is 6.49. The van der Waals surface area contributed by atoms with Gasteiger partial charge < -0.3 is 42.7 Å². The zero-order valence-electron chi connectivity index (χ0n) is 23.2. The highest BCUT2D eigenvalue weighted by Gasteiger charge is 2.30. The highest BCUT2D eigenvalue weighted by Crippen LogP contribution is 2.12. The largest absolute Gasteiger partial charge is 0.508 e. The van der Waals surface area contributed by atoms with E-state index >= 15 is 0 Å². The molecular weight excluding hydrogens is 546 g/mol. The number of nitrogens with two attached hydrogens (primary N) is 2. The second-order valence-corrected chi connectivity index (χ2v) is 9.91. The number of benzene rings is 2. The predicted octanol–water partition coefficient (Wildman–Crippen LogP) is 0.0375. The molecule has 4 atom stereocenters. The number of aliphatic carboxylic acids is 2. The van der Waals surface area contributed by atoms with Crippen molar-refractivity contribution >= 4 is 29.7 Å². The Morgan fingerprint density at radius 3 is 1.81 bits per heavy atom. The van der Waals surface area contributed by atoms with Gasteiger partial charge in [0.25, 0.3) is 0 Å². The minimum absolute atomic E-state index is 0.0137. The van der Waals surface area contributed by atoms with Crippen molar-refractivity contribution in [2.45, 2.75) is 69.1 Å². The summed E-state index contributed by atoms with van der Waals surface area (Å²) in [5.41, 5.74) is 13.0. The van der Waals surface area contributed by atoms with Crippen molar-refractivity contribution in [3.63, 3.8) is 0 Å². The zero-order chi connectivity index (χ0) is 31.1. The van der Waals surface area contributed by atoms with Crippen molar-refractivity contribution in [3.05, 3.63) is 65.7 Å². The molecule has 0 heterocycles. The van der Waals surface area contributed by atoms with E-state index in [-0.39, 0.29) is 31.4 Å². The quantitative estimate of drug-likeness (QED) is 0.109. The van der Waals surface area contributed by atoms with Crippen molar-refractivity contribution in [3.8, 4) is 5.75 Å². The van der Waals surface area contributed by atoms with Crippen LogP contribution < -0.4 is 27.4 Å². The molecule has 0 bridgehead atoms. The third-order valence-electron chi connectivity index (χ3n) is 6.49. The van der Waals surface area contributed by atoms with Crippen LogP contribution in [0.3, 0.4) is 0 Å². The van der Waals surface area contributed by atoms with Gasteiger partial charge in [-0.05, 0) is 61.9 Å². The van der Waals surface area contributed by atoms with Gasteiger partial charge in [-0.1, -0.05) is 42.5 Å². The van der Waals surface area contributed by atoms with E-state index in [0.29, 0.717) is 24.9 Å². The normalized spacial score (nSPS) is 13.7. The SMILES string of the molecule is NCCCCC(NC(=O)C(N)Cc1ccccc1)C(=O)NC(CCC(=O)O)C(=O)NC(Cc1ccc(O)cc1)C(=O)O. The molecule has 0 spiro atoms. The van der Waals surface area contributed by atoms with Gasteiger partial charge >= 0.3 is 11.9 Å². The summed E-state index contributed by atoms with van der Waals surface area (Å²) in [4.78, 5) is 62.4. The monoisotopic (exact) mass is 585 g/mol. The summed E-state index contributed by atoms with van der Waals surface area (Å²) in [6.45, 7) is 0.358. The van der Waals surface area contributed by atoms with Gasteiger partial charge in [0, 0.05) is 12.8 Å². The fourth-order valence-corrected chi connectivity index (χ4v) is 4.15. The molecule has 0 radical (unpaired) electrons. The summed E-state index contributed by atoms with van der Waals surface area (Å²) in [7, 11) is 0. The Morgan fingerprint density at radius 1 is 0.690 bits per heavy atom. The first kappa shape index (κ1) is 33.7. The lowest BCUT2D eigenvalue weighted by atomic mass is 10.0. The van der Waals surface area contributed by atoms with Gasteiger partial charge in [0.1, 0.15) is 23.9 Å². The molecule has 0 aliphatic rings. The Balaban J connectivity index is 2.15. The number of carbonyl (C=O) groups excluding carboxylic acids is 3. The van der Waals surface area contributed by atoms with Crippen molar-refractivity contribution < 1.29 is 39.3 Å². The van der Waals surface area contributed by atoms with Crippen LogP contribution in [0.2, 0.25) is 0 Å². The maximum absolute atomic E-state index is 13.3.